The SMILES string of the molecule is CC1=CC(=C(C#N)c2nc3ccccc3s2)C=C(C)N1C[C@H]1CCCO1. The topological polar surface area (TPSA) is 49.2 Å². The lowest BCUT2D eigenvalue weighted by Gasteiger charge is -2.31. The Labute approximate surface area is 157 Å². The number of allylic oxidation sites excluding steroid dienone is 6. The van der Waals surface area contributed by atoms with Gasteiger partial charge in [-0.1, -0.05) is 12.1 Å². The van der Waals surface area contributed by atoms with Crippen LogP contribution in [0.3, 0.4) is 0 Å². The lowest BCUT2D eigenvalue weighted by Crippen LogP contribution is -2.31. The van der Waals surface area contributed by atoms with E-state index in [0.717, 1.165) is 58.2 Å². The number of benzene rings is 1. The van der Waals surface area contributed by atoms with Crippen LogP contribution < -0.4 is 0 Å². The number of hydrogen-bond donors (Lipinski definition) is 0. The van der Waals surface area contributed by atoms with Crippen molar-refractivity contribution in [2.24, 2.45) is 0 Å². The van der Waals surface area contributed by atoms with Crippen molar-refractivity contribution in [1.29, 1.82) is 5.26 Å². The van der Waals surface area contributed by atoms with Crippen LogP contribution in [0.4, 0.5) is 0 Å². The molecule has 0 bridgehead atoms. The maximum Gasteiger partial charge on any atom is 0.135 e. The number of aromatic nitrogens is 1. The molecular formula is C21H21N3OS. The van der Waals surface area contributed by atoms with Gasteiger partial charge in [-0.2, -0.15) is 5.26 Å². The number of hydrogen-bond acceptors (Lipinski definition) is 5. The first-order valence-corrected chi connectivity index (χ1v) is 9.73. The molecule has 1 fully saturated rings. The number of thiazole rings is 1. The quantitative estimate of drug-likeness (QED) is 0.730. The van der Waals surface area contributed by atoms with E-state index < -0.39 is 0 Å². The van der Waals surface area contributed by atoms with Crippen LogP contribution >= 0.6 is 11.3 Å². The largest absolute Gasteiger partial charge is 0.376 e. The summed E-state index contributed by atoms with van der Waals surface area (Å²) in [4.78, 5) is 6.94. The van der Waals surface area contributed by atoms with Gasteiger partial charge < -0.3 is 9.64 Å². The molecule has 132 valence electrons. The molecule has 0 aliphatic carbocycles. The summed E-state index contributed by atoms with van der Waals surface area (Å²) < 4.78 is 6.89. The van der Waals surface area contributed by atoms with Crippen molar-refractivity contribution < 1.29 is 4.74 Å². The van der Waals surface area contributed by atoms with Crippen LogP contribution in [-0.2, 0) is 4.74 Å². The zero-order valence-electron chi connectivity index (χ0n) is 15.0. The van der Waals surface area contributed by atoms with Gasteiger partial charge in [-0.05, 0) is 56.5 Å². The first-order valence-electron chi connectivity index (χ1n) is 8.92. The zero-order chi connectivity index (χ0) is 18.1. The van der Waals surface area contributed by atoms with Crippen LogP contribution in [0.5, 0.6) is 0 Å². The highest BCUT2D eigenvalue weighted by molar-refractivity contribution is 7.19. The van der Waals surface area contributed by atoms with Crippen LogP contribution in [-0.4, -0.2) is 29.1 Å². The second-order valence-electron chi connectivity index (χ2n) is 6.75. The summed E-state index contributed by atoms with van der Waals surface area (Å²) in [5.74, 6) is 0. The van der Waals surface area contributed by atoms with Crippen LogP contribution in [0.25, 0.3) is 15.8 Å². The molecule has 0 saturated carbocycles. The van der Waals surface area contributed by atoms with Gasteiger partial charge in [-0.15, -0.1) is 11.3 Å². The normalized spacial score (nSPS) is 20.1. The molecule has 4 rings (SSSR count). The Morgan fingerprint density at radius 3 is 2.73 bits per heavy atom. The van der Waals surface area contributed by atoms with Crippen molar-refractivity contribution in [2.45, 2.75) is 32.8 Å². The molecule has 0 radical (unpaired) electrons. The van der Waals surface area contributed by atoms with Gasteiger partial charge >= 0.3 is 0 Å². The Morgan fingerprint density at radius 1 is 1.31 bits per heavy atom. The number of para-hydroxylation sites is 1. The first-order chi connectivity index (χ1) is 12.7. The van der Waals surface area contributed by atoms with Gasteiger partial charge in [0.1, 0.15) is 11.1 Å². The Hall–Kier alpha value is -2.42. The number of nitrogens with zero attached hydrogens (tertiary/aromatic N) is 3. The Kier molecular flexibility index (Phi) is 4.62. The minimum atomic E-state index is 0.298. The van der Waals surface area contributed by atoms with E-state index in [4.69, 9.17) is 4.74 Å². The monoisotopic (exact) mass is 363 g/mol. The molecule has 2 aliphatic rings. The van der Waals surface area contributed by atoms with Crippen LogP contribution in [0.1, 0.15) is 31.7 Å². The van der Waals surface area contributed by atoms with Crippen molar-refractivity contribution in [3.8, 4) is 6.07 Å². The standard InChI is InChI=1S/C21H21N3OS/c1-14-10-16(11-15(2)24(14)13-17-6-5-9-25-17)18(12-22)21-23-19-7-3-4-8-20(19)26-21/h3-4,7-8,10-11,17H,5-6,9,13H2,1-2H3/t17-/m1/s1. The zero-order valence-corrected chi connectivity index (χ0v) is 15.8. The molecule has 4 nitrogen and oxygen atoms in total. The van der Waals surface area contributed by atoms with E-state index in [0.29, 0.717) is 11.7 Å². The van der Waals surface area contributed by atoms with Crippen LogP contribution in [0.2, 0.25) is 0 Å². The van der Waals surface area contributed by atoms with Gasteiger partial charge in [0.2, 0.25) is 0 Å². The molecule has 2 aromatic rings. The van der Waals surface area contributed by atoms with Gasteiger partial charge in [-0.25, -0.2) is 4.98 Å². The number of ether oxygens (including phenoxy) is 1. The highest BCUT2D eigenvalue weighted by Gasteiger charge is 2.23. The average Bonchev–Trinajstić information content (AvgIpc) is 3.28. The highest BCUT2D eigenvalue weighted by atomic mass is 32.1. The second kappa shape index (κ2) is 7.06. The van der Waals surface area contributed by atoms with E-state index in [1.807, 2.05) is 24.3 Å². The summed E-state index contributed by atoms with van der Waals surface area (Å²) in [6.45, 7) is 5.93. The van der Waals surface area contributed by atoms with E-state index in [9.17, 15) is 5.26 Å². The molecule has 5 heteroatoms. The highest BCUT2D eigenvalue weighted by Crippen LogP contribution is 2.33. The van der Waals surface area contributed by atoms with E-state index in [1.54, 1.807) is 11.3 Å². The summed E-state index contributed by atoms with van der Waals surface area (Å²) in [6, 6.07) is 10.4. The maximum absolute atomic E-state index is 9.79. The average molecular weight is 363 g/mol. The lowest BCUT2D eigenvalue weighted by molar-refractivity contribution is 0.0906. The Bertz CT molecular complexity index is 916. The van der Waals surface area contributed by atoms with Crippen molar-refractivity contribution >= 4 is 27.1 Å². The molecule has 1 saturated heterocycles. The molecule has 0 amide bonds. The van der Waals surface area contributed by atoms with Crippen molar-refractivity contribution in [3.05, 3.63) is 58.4 Å². The molecule has 26 heavy (non-hydrogen) atoms. The molecule has 1 aromatic heterocycles. The van der Waals surface area contributed by atoms with Gasteiger partial charge in [0.25, 0.3) is 0 Å². The molecule has 2 aliphatic heterocycles. The third-order valence-electron chi connectivity index (χ3n) is 4.90. The van der Waals surface area contributed by atoms with Gasteiger partial charge in [-0.3, -0.25) is 0 Å². The summed E-state index contributed by atoms with van der Waals surface area (Å²) in [7, 11) is 0. The minimum absolute atomic E-state index is 0.298. The molecule has 0 spiro atoms. The molecule has 3 heterocycles. The summed E-state index contributed by atoms with van der Waals surface area (Å²) in [6.07, 6.45) is 6.74. The first kappa shape index (κ1) is 17.0. The molecule has 0 N–H and O–H groups in total. The van der Waals surface area contributed by atoms with E-state index >= 15 is 0 Å². The third-order valence-corrected chi connectivity index (χ3v) is 5.95. The Morgan fingerprint density at radius 2 is 2.08 bits per heavy atom. The minimum Gasteiger partial charge on any atom is -0.376 e. The number of rotatable bonds is 3. The van der Waals surface area contributed by atoms with Crippen LogP contribution in [0, 0.1) is 11.3 Å². The predicted octanol–water partition coefficient (Wildman–Crippen LogP) is 4.88. The summed E-state index contributed by atoms with van der Waals surface area (Å²) in [5.41, 5.74) is 4.80. The van der Waals surface area contributed by atoms with E-state index in [2.05, 4.69) is 42.0 Å². The lowest BCUT2D eigenvalue weighted by atomic mass is 10.0. The van der Waals surface area contributed by atoms with E-state index in [-0.39, 0.29) is 0 Å². The second-order valence-corrected chi connectivity index (χ2v) is 7.78. The van der Waals surface area contributed by atoms with E-state index in [1.165, 1.54) is 0 Å². The molecule has 0 unspecified atom stereocenters. The van der Waals surface area contributed by atoms with Gasteiger partial charge in [0.05, 0.1) is 21.9 Å². The number of nitriles is 1. The third kappa shape index (κ3) is 3.18. The fourth-order valence-electron chi connectivity index (χ4n) is 3.57. The molecular weight excluding hydrogens is 342 g/mol. The van der Waals surface area contributed by atoms with Crippen molar-refractivity contribution in [1.82, 2.24) is 9.88 Å². The fourth-order valence-corrected chi connectivity index (χ4v) is 4.55. The van der Waals surface area contributed by atoms with Crippen molar-refractivity contribution in [2.75, 3.05) is 13.2 Å². The predicted molar refractivity (Wildman–Crippen MR) is 105 cm³/mol. The maximum atomic E-state index is 9.79. The molecule has 1 aromatic carbocycles. The smallest absolute Gasteiger partial charge is 0.135 e. The van der Waals surface area contributed by atoms with Gasteiger partial charge in [0.15, 0.2) is 0 Å². The molecule has 1 atom stereocenters. The Balaban J connectivity index is 1.69. The van der Waals surface area contributed by atoms with Crippen molar-refractivity contribution in [3.63, 3.8) is 0 Å². The van der Waals surface area contributed by atoms with Gasteiger partial charge in [0, 0.05) is 24.5 Å². The summed E-state index contributed by atoms with van der Waals surface area (Å²) in [5, 5.41) is 10.6. The van der Waals surface area contributed by atoms with Crippen LogP contribution in [0.15, 0.2) is 53.4 Å². The summed E-state index contributed by atoms with van der Waals surface area (Å²) >= 11 is 1.57. The number of fused-ring (bicyclic) bond motifs is 1. The fraction of sp³-hybridized carbons (Fsp3) is 0.333.